The molecule has 3 aromatic carbocycles. The van der Waals surface area contributed by atoms with E-state index in [-0.39, 0.29) is 24.3 Å². The average molecular weight is 576 g/mol. The largest absolute Gasteiger partial charge is 0.352 e. The summed E-state index contributed by atoms with van der Waals surface area (Å²) in [5.41, 5.74) is 2.58. The molecule has 3 rings (SSSR count). The molecule has 7 heteroatoms. The van der Waals surface area contributed by atoms with Crippen LogP contribution in [0.4, 0.5) is 0 Å². The van der Waals surface area contributed by atoms with Crippen molar-refractivity contribution < 1.29 is 9.59 Å². The third kappa shape index (κ3) is 8.09. The summed E-state index contributed by atoms with van der Waals surface area (Å²) in [6, 6.07) is 21.9. The molecule has 1 N–H and O–H groups in total. The second-order valence-electron chi connectivity index (χ2n) is 8.58. The summed E-state index contributed by atoms with van der Waals surface area (Å²) in [5.74, 6) is -0.353. The van der Waals surface area contributed by atoms with Crippen LogP contribution in [0.15, 0.2) is 77.3 Å². The third-order valence-corrected chi connectivity index (χ3v) is 7.01. The van der Waals surface area contributed by atoms with Crippen LogP contribution < -0.4 is 5.32 Å². The van der Waals surface area contributed by atoms with Gasteiger partial charge in [0.05, 0.1) is 6.42 Å². The first-order valence-electron chi connectivity index (χ1n) is 11.6. The lowest BCUT2D eigenvalue weighted by Gasteiger charge is -2.32. The minimum absolute atomic E-state index is 0.00360. The highest BCUT2D eigenvalue weighted by Gasteiger charge is 2.31. The fourth-order valence-electron chi connectivity index (χ4n) is 3.71. The van der Waals surface area contributed by atoms with E-state index in [0.29, 0.717) is 28.6 Å². The van der Waals surface area contributed by atoms with Crippen molar-refractivity contribution >= 4 is 50.9 Å². The highest BCUT2D eigenvalue weighted by Crippen LogP contribution is 2.24. The highest BCUT2D eigenvalue weighted by molar-refractivity contribution is 9.10. The quantitative estimate of drug-likeness (QED) is 0.287. The van der Waals surface area contributed by atoms with Crippen LogP contribution in [0.3, 0.4) is 0 Å². The second-order valence-corrected chi connectivity index (χ2v) is 10.3. The van der Waals surface area contributed by atoms with Gasteiger partial charge in [-0.05, 0) is 54.3 Å². The standard InChI is InChI=1S/C28H29BrCl2N2O2/c1-3-19(2)32-28(35)26(15-20-7-5-4-6-8-20)33(18-21-9-12-23(29)13-10-21)27(34)16-22-11-14-24(30)17-25(22)31/h4-14,17,19,26H,3,15-16,18H2,1-2H3,(H,32,35)/t19-,26-/m1/s1. The normalized spacial score (nSPS) is 12.6. The van der Waals surface area contributed by atoms with E-state index in [0.717, 1.165) is 22.0 Å². The van der Waals surface area contributed by atoms with Crippen molar-refractivity contribution in [2.45, 2.75) is 51.7 Å². The monoisotopic (exact) mass is 574 g/mol. The van der Waals surface area contributed by atoms with Gasteiger partial charge in [-0.25, -0.2) is 0 Å². The van der Waals surface area contributed by atoms with Gasteiger partial charge >= 0.3 is 0 Å². The van der Waals surface area contributed by atoms with Gasteiger partial charge in [-0.15, -0.1) is 0 Å². The molecule has 0 unspecified atom stereocenters. The maximum absolute atomic E-state index is 13.8. The van der Waals surface area contributed by atoms with Crippen molar-refractivity contribution in [2.75, 3.05) is 0 Å². The van der Waals surface area contributed by atoms with E-state index < -0.39 is 6.04 Å². The Hall–Kier alpha value is -2.34. The molecule has 0 fully saturated rings. The van der Waals surface area contributed by atoms with Gasteiger partial charge < -0.3 is 10.2 Å². The number of amides is 2. The Kier molecular flexibility index (Phi) is 10.2. The number of carbonyl (C=O) groups is 2. The Morgan fingerprint density at radius 1 is 0.971 bits per heavy atom. The number of nitrogens with zero attached hydrogens (tertiary/aromatic N) is 1. The summed E-state index contributed by atoms with van der Waals surface area (Å²) >= 11 is 15.9. The Morgan fingerprint density at radius 3 is 2.29 bits per heavy atom. The van der Waals surface area contributed by atoms with Gasteiger partial charge in [-0.1, -0.05) is 94.6 Å². The van der Waals surface area contributed by atoms with Crippen LogP contribution in [0.1, 0.15) is 37.0 Å². The first-order valence-corrected chi connectivity index (χ1v) is 13.1. The summed E-state index contributed by atoms with van der Waals surface area (Å²) in [4.78, 5) is 28.9. The number of benzene rings is 3. The summed E-state index contributed by atoms with van der Waals surface area (Å²) in [6.07, 6.45) is 1.26. The predicted molar refractivity (Wildman–Crippen MR) is 147 cm³/mol. The molecule has 2 atom stereocenters. The molecule has 0 aliphatic heterocycles. The molecule has 35 heavy (non-hydrogen) atoms. The van der Waals surface area contributed by atoms with Gasteiger partial charge in [0, 0.05) is 33.5 Å². The van der Waals surface area contributed by atoms with Crippen LogP contribution in [-0.4, -0.2) is 28.8 Å². The molecule has 0 aliphatic carbocycles. The van der Waals surface area contributed by atoms with E-state index in [1.54, 1.807) is 23.1 Å². The van der Waals surface area contributed by atoms with Crippen LogP contribution >= 0.6 is 39.1 Å². The highest BCUT2D eigenvalue weighted by atomic mass is 79.9. The fourth-order valence-corrected chi connectivity index (χ4v) is 4.45. The zero-order chi connectivity index (χ0) is 25.4. The van der Waals surface area contributed by atoms with Crippen LogP contribution in [0.2, 0.25) is 10.0 Å². The molecule has 0 heterocycles. The smallest absolute Gasteiger partial charge is 0.243 e. The molecule has 2 amide bonds. The van der Waals surface area contributed by atoms with E-state index in [2.05, 4.69) is 21.2 Å². The maximum atomic E-state index is 13.8. The SMILES string of the molecule is CC[C@@H](C)NC(=O)[C@@H](Cc1ccccc1)N(Cc1ccc(Br)cc1)C(=O)Cc1ccc(Cl)cc1Cl. The zero-order valence-electron chi connectivity index (χ0n) is 19.8. The molecule has 0 aliphatic rings. The van der Waals surface area contributed by atoms with Crippen LogP contribution in [0.25, 0.3) is 0 Å². The molecule has 0 saturated heterocycles. The van der Waals surface area contributed by atoms with Crippen molar-refractivity contribution in [2.24, 2.45) is 0 Å². The summed E-state index contributed by atoms with van der Waals surface area (Å²) < 4.78 is 0.947. The zero-order valence-corrected chi connectivity index (χ0v) is 22.9. The number of nitrogens with one attached hydrogen (secondary N) is 1. The van der Waals surface area contributed by atoms with Gasteiger partial charge in [-0.3, -0.25) is 9.59 Å². The average Bonchev–Trinajstić information content (AvgIpc) is 2.84. The summed E-state index contributed by atoms with van der Waals surface area (Å²) in [6.45, 7) is 4.28. The molecular formula is C28H29BrCl2N2O2. The van der Waals surface area contributed by atoms with Crippen molar-refractivity contribution in [1.82, 2.24) is 10.2 Å². The van der Waals surface area contributed by atoms with E-state index in [1.807, 2.05) is 68.4 Å². The van der Waals surface area contributed by atoms with E-state index in [1.165, 1.54) is 0 Å². The van der Waals surface area contributed by atoms with Crippen molar-refractivity contribution in [3.8, 4) is 0 Å². The molecule has 3 aromatic rings. The van der Waals surface area contributed by atoms with Gasteiger partial charge in [0.1, 0.15) is 6.04 Å². The summed E-state index contributed by atoms with van der Waals surface area (Å²) in [5, 5.41) is 4.02. The van der Waals surface area contributed by atoms with Gasteiger partial charge in [0.2, 0.25) is 11.8 Å². The Labute approximate surface area is 225 Å². The molecule has 0 aromatic heterocycles. The molecule has 0 bridgehead atoms. The van der Waals surface area contributed by atoms with Crippen molar-refractivity contribution in [3.05, 3.63) is 104 Å². The van der Waals surface area contributed by atoms with Crippen LogP contribution in [-0.2, 0) is 29.0 Å². The predicted octanol–water partition coefficient (Wildman–Crippen LogP) is 6.85. The maximum Gasteiger partial charge on any atom is 0.243 e. The first kappa shape index (κ1) is 27.3. The van der Waals surface area contributed by atoms with Crippen LogP contribution in [0, 0.1) is 0 Å². The van der Waals surface area contributed by atoms with Crippen LogP contribution in [0.5, 0.6) is 0 Å². The van der Waals surface area contributed by atoms with E-state index in [4.69, 9.17) is 23.2 Å². The molecular weight excluding hydrogens is 547 g/mol. The molecule has 4 nitrogen and oxygen atoms in total. The lowest BCUT2D eigenvalue weighted by molar-refractivity contribution is -0.141. The molecule has 184 valence electrons. The molecule has 0 saturated carbocycles. The number of hydrogen-bond acceptors (Lipinski definition) is 2. The summed E-state index contributed by atoms with van der Waals surface area (Å²) in [7, 11) is 0. The van der Waals surface area contributed by atoms with Gasteiger partial charge in [0.15, 0.2) is 0 Å². The number of hydrogen-bond donors (Lipinski definition) is 1. The molecule has 0 radical (unpaired) electrons. The fraction of sp³-hybridized carbons (Fsp3) is 0.286. The van der Waals surface area contributed by atoms with E-state index in [9.17, 15) is 9.59 Å². The Balaban J connectivity index is 1.98. The topological polar surface area (TPSA) is 49.4 Å². The Bertz CT molecular complexity index is 1140. The third-order valence-electron chi connectivity index (χ3n) is 5.90. The van der Waals surface area contributed by atoms with Crippen molar-refractivity contribution in [3.63, 3.8) is 0 Å². The lowest BCUT2D eigenvalue weighted by atomic mass is 10.0. The molecule has 0 spiro atoms. The Morgan fingerprint density at radius 2 is 1.66 bits per heavy atom. The van der Waals surface area contributed by atoms with Gasteiger partial charge in [0.25, 0.3) is 0 Å². The first-order chi connectivity index (χ1) is 16.8. The van der Waals surface area contributed by atoms with Crippen molar-refractivity contribution in [1.29, 1.82) is 0 Å². The number of carbonyl (C=O) groups excluding carboxylic acids is 2. The lowest BCUT2D eigenvalue weighted by Crippen LogP contribution is -2.52. The minimum Gasteiger partial charge on any atom is -0.352 e. The second kappa shape index (κ2) is 13.1. The number of halogens is 3. The van der Waals surface area contributed by atoms with E-state index >= 15 is 0 Å². The van der Waals surface area contributed by atoms with Gasteiger partial charge in [-0.2, -0.15) is 0 Å². The minimum atomic E-state index is -0.686. The number of rotatable bonds is 10.